The van der Waals surface area contributed by atoms with Gasteiger partial charge in [0.05, 0.1) is 0 Å². The molecule has 0 amide bonds. The summed E-state index contributed by atoms with van der Waals surface area (Å²) in [5.41, 5.74) is 50.6. The lowest BCUT2D eigenvalue weighted by Crippen LogP contribution is -2.31. The molecule has 764 valence electrons. The van der Waals surface area contributed by atoms with Crippen LogP contribution in [0.2, 0.25) is 0 Å². The Balaban J connectivity index is 0.734. The van der Waals surface area contributed by atoms with E-state index in [0.29, 0.717) is 71.0 Å². The maximum atomic E-state index is 2.80. The van der Waals surface area contributed by atoms with Gasteiger partial charge in [-0.25, -0.2) is 0 Å². The van der Waals surface area contributed by atoms with Gasteiger partial charge < -0.3 is 0 Å². The first-order chi connectivity index (χ1) is 70.0. The van der Waals surface area contributed by atoms with Crippen molar-refractivity contribution in [3.8, 4) is 122 Å². The molecule has 12 aromatic carbocycles. The highest BCUT2D eigenvalue weighted by Gasteiger charge is 2.53. The maximum Gasteiger partial charge on any atom is 0.0220 e. The van der Waals surface area contributed by atoms with Gasteiger partial charge in [0.25, 0.3) is 0 Å². The van der Waals surface area contributed by atoms with E-state index in [-0.39, 0.29) is 32.5 Å². The van der Waals surface area contributed by atoms with Gasteiger partial charge in [-0.2, -0.15) is 0 Å². The molecule has 0 heterocycles. The van der Waals surface area contributed by atoms with E-state index < -0.39 is 0 Å². The Morgan fingerprint density at radius 2 is 0.324 bits per heavy atom. The SMILES string of the molecule is CCCCC(CC)CC1(CC(CC)CCCC)c2cc(-c3ccc4c(c3)C(CC(C)CC)(CC(C)CC)c3cc(C)ccc3-4)ccc2-c2ccc(-c3ccc4c(c3)C(CC(C)CC)(CC(C)CC)c3cc(-c5ccc6c(c5)C(CC(C)CC)(CC(C)CC)c5cc(-c7ccc8c(c7)C(CC(C)CC)(CC(C)CC)c7cc(-c9ccc%10c(c9)C(CC(C)CC)(CC(C)CC)c9ccccc9-%10)ccc7-8)ccc5-6)ccc3-4)cc21. The molecular weight excluding hydrogens is 1740 g/mol. The summed E-state index contributed by atoms with van der Waals surface area (Å²) in [6.07, 6.45) is 35.6. The monoisotopic (exact) mass is 1930 g/mol. The fourth-order valence-corrected chi connectivity index (χ4v) is 30.2. The van der Waals surface area contributed by atoms with E-state index in [4.69, 9.17) is 0 Å². The molecule has 18 rings (SSSR count). The topological polar surface area (TPSA) is 0 Å². The third-order valence-electron chi connectivity index (χ3n) is 40.2. The van der Waals surface area contributed by atoms with E-state index in [1.165, 1.54) is 244 Å². The fourth-order valence-electron chi connectivity index (χ4n) is 30.2. The summed E-state index contributed by atoms with van der Waals surface area (Å²) in [6, 6.07) is 95.7. The number of rotatable bonds is 47. The molecular formula is C145H184. The molecule has 145 heavy (non-hydrogen) atoms. The molecule has 6 aliphatic carbocycles. The molecule has 0 bridgehead atoms. The van der Waals surface area contributed by atoms with Crippen LogP contribution in [0.3, 0.4) is 0 Å². The summed E-state index contributed by atoms with van der Waals surface area (Å²) < 4.78 is 0. The van der Waals surface area contributed by atoms with Crippen LogP contribution in [0.25, 0.3) is 122 Å². The van der Waals surface area contributed by atoms with Gasteiger partial charge >= 0.3 is 0 Å². The lowest BCUT2D eigenvalue weighted by atomic mass is 9.64. The van der Waals surface area contributed by atoms with Crippen molar-refractivity contribution in [2.75, 3.05) is 0 Å². The first-order valence-electron chi connectivity index (χ1n) is 59.7. The highest BCUT2D eigenvalue weighted by atomic mass is 14.6. The number of unbranched alkanes of at least 4 members (excludes halogenated alkanes) is 2. The summed E-state index contributed by atoms with van der Waals surface area (Å²) in [5.74, 6) is 6.87. The lowest BCUT2D eigenvalue weighted by molar-refractivity contribution is 0.266. The van der Waals surface area contributed by atoms with E-state index in [1.54, 1.807) is 66.8 Å². The predicted molar refractivity (Wildman–Crippen MR) is 632 cm³/mol. The van der Waals surface area contributed by atoms with Gasteiger partial charge in [-0.1, -0.05) is 451 Å². The summed E-state index contributed by atoms with van der Waals surface area (Å²) in [7, 11) is 0. The maximum absolute atomic E-state index is 2.80. The molecule has 12 atom stereocenters. The van der Waals surface area contributed by atoms with Crippen LogP contribution in [0, 0.1) is 77.9 Å². The molecule has 0 heteroatoms. The third-order valence-corrected chi connectivity index (χ3v) is 40.2. The lowest BCUT2D eigenvalue weighted by Gasteiger charge is -2.39. The van der Waals surface area contributed by atoms with Gasteiger partial charge in [-0.05, 0) is 405 Å². The van der Waals surface area contributed by atoms with Crippen LogP contribution in [0.15, 0.2) is 224 Å². The van der Waals surface area contributed by atoms with Crippen LogP contribution in [0.1, 0.15) is 431 Å². The smallest absolute Gasteiger partial charge is 0.0220 e. The van der Waals surface area contributed by atoms with Crippen molar-refractivity contribution in [2.24, 2.45) is 71.0 Å². The van der Waals surface area contributed by atoms with Gasteiger partial charge in [-0.3, -0.25) is 0 Å². The number of hydrogen-bond donors (Lipinski definition) is 0. The third kappa shape index (κ3) is 19.0. The van der Waals surface area contributed by atoms with Crippen molar-refractivity contribution in [3.05, 3.63) is 297 Å². The molecule has 0 nitrogen and oxygen atoms in total. The first-order valence-corrected chi connectivity index (χ1v) is 59.7. The zero-order chi connectivity index (χ0) is 103. The average molecular weight is 1930 g/mol. The average Bonchev–Trinajstić information content (AvgIpc) is 1.51. The van der Waals surface area contributed by atoms with Crippen molar-refractivity contribution in [1.29, 1.82) is 0 Å². The molecule has 12 unspecified atom stereocenters. The van der Waals surface area contributed by atoms with E-state index >= 15 is 0 Å². The summed E-state index contributed by atoms with van der Waals surface area (Å²) in [6.45, 7) is 62.0. The Morgan fingerprint density at radius 3 is 0.503 bits per heavy atom. The van der Waals surface area contributed by atoms with Crippen LogP contribution in [0.5, 0.6) is 0 Å². The molecule has 0 fully saturated rings. The van der Waals surface area contributed by atoms with Crippen LogP contribution in [0.4, 0.5) is 0 Å². The molecule has 0 N–H and O–H groups in total. The standard InChI is InChI=1S/C145H184/c1-26-40-44-104(38-13)91-145(92-105(39-14)45-41-27-2)138-79-114(107-50-61-119-117-59-48-103(25)70-129(117)141(131(119)72-107,83-95(17)30-5)84-96(18)31-6)57-68-126(138)127-69-58-115(80-139(127)145)113-56-67-125-124-66-55-112(77-136(124)144(137(125)78-113,89-101(23)36-11)90-102(24)37-12)111-54-65-123-122-64-53-110(75-134(122)143(135(123)76-111,87-99(21)34-9)88-100(22)35-10)109-52-63-121-120-62-51-108(73-132(120)142(133(121)74-109,85-97(19)32-7)86-98(20)33-8)106-49-60-118-116-46-42-43-47-128(116)140(130(118)71-106,81-93(15)28-3)82-94(16)29-4/h42-43,46-80,93-102,104-105H,26-41,44-45,81-92H2,1-25H3. The normalized spacial score (nSPS) is 21.8. The molecule has 0 radical (unpaired) electrons. The van der Waals surface area contributed by atoms with E-state index in [1.807, 2.05) is 0 Å². The minimum Gasteiger partial charge on any atom is -0.0654 e. The molecule has 0 saturated heterocycles. The predicted octanol–water partition coefficient (Wildman–Crippen LogP) is 43.5. The first kappa shape index (κ1) is 106. The zero-order valence-corrected chi connectivity index (χ0v) is 95.0. The van der Waals surface area contributed by atoms with Gasteiger partial charge in [0.1, 0.15) is 0 Å². The van der Waals surface area contributed by atoms with Crippen LogP contribution >= 0.6 is 0 Å². The van der Waals surface area contributed by atoms with E-state index in [0.717, 1.165) is 77.0 Å². The van der Waals surface area contributed by atoms with Crippen molar-refractivity contribution >= 4 is 0 Å². The number of hydrogen-bond acceptors (Lipinski definition) is 0. The molecule has 0 aromatic heterocycles. The minimum atomic E-state index is -0.187. The molecule has 0 spiro atoms. The summed E-state index contributed by atoms with van der Waals surface area (Å²) in [4.78, 5) is 0. The van der Waals surface area contributed by atoms with Crippen LogP contribution in [-0.2, 0) is 32.5 Å². The van der Waals surface area contributed by atoms with Crippen molar-refractivity contribution in [1.82, 2.24) is 0 Å². The molecule has 6 aliphatic rings. The summed E-state index contributed by atoms with van der Waals surface area (Å²) >= 11 is 0. The largest absolute Gasteiger partial charge is 0.0654 e. The number of fused-ring (bicyclic) bond motifs is 18. The molecule has 0 saturated carbocycles. The van der Waals surface area contributed by atoms with Crippen LogP contribution < -0.4 is 0 Å². The Labute approximate surface area is 882 Å². The molecule has 12 aromatic rings. The second-order valence-corrected chi connectivity index (χ2v) is 50.1. The molecule has 0 aliphatic heterocycles. The van der Waals surface area contributed by atoms with E-state index in [2.05, 4.69) is 398 Å². The second kappa shape index (κ2) is 43.7. The Kier molecular flexibility index (Phi) is 31.8. The number of aryl methyl sites for hydroxylation is 1. The van der Waals surface area contributed by atoms with Crippen molar-refractivity contribution < 1.29 is 0 Å². The van der Waals surface area contributed by atoms with Crippen molar-refractivity contribution in [3.63, 3.8) is 0 Å². The summed E-state index contributed by atoms with van der Waals surface area (Å²) in [5, 5.41) is 0. The van der Waals surface area contributed by atoms with Gasteiger partial charge in [0.2, 0.25) is 0 Å². The van der Waals surface area contributed by atoms with Crippen LogP contribution in [-0.4, -0.2) is 0 Å². The Morgan fingerprint density at radius 1 is 0.166 bits per heavy atom. The Hall–Kier alpha value is -9.36. The minimum absolute atomic E-state index is 0.0188. The number of benzene rings is 12. The van der Waals surface area contributed by atoms with Gasteiger partial charge in [0.15, 0.2) is 0 Å². The quantitative estimate of drug-likeness (QED) is 0.0357. The van der Waals surface area contributed by atoms with E-state index in [9.17, 15) is 0 Å². The Bertz CT molecular complexity index is 6510. The van der Waals surface area contributed by atoms with Gasteiger partial charge in [0, 0.05) is 32.5 Å². The fraction of sp³-hybridized carbons (Fsp3) is 0.503. The van der Waals surface area contributed by atoms with Crippen molar-refractivity contribution in [2.45, 2.75) is 398 Å². The van der Waals surface area contributed by atoms with Gasteiger partial charge in [-0.15, -0.1) is 0 Å². The zero-order valence-electron chi connectivity index (χ0n) is 95.0. The highest BCUT2D eigenvalue weighted by molar-refractivity contribution is 5.95. The second-order valence-electron chi connectivity index (χ2n) is 50.1. The highest BCUT2D eigenvalue weighted by Crippen LogP contribution is 2.66.